The van der Waals surface area contributed by atoms with Crippen LogP contribution in [0.15, 0.2) is 72.9 Å². The average Bonchev–Trinajstić information content (AvgIpc) is 2.68. The van der Waals surface area contributed by atoms with E-state index in [0.29, 0.717) is 12.0 Å². The van der Waals surface area contributed by atoms with Crippen LogP contribution in [0, 0.1) is 0 Å². The van der Waals surface area contributed by atoms with E-state index in [1.807, 2.05) is 24.4 Å². The van der Waals surface area contributed by atoms with Gasteiger partial charge in [-0.1, -0.05) is 60.7 Å². The second-order valence-corrected chi connectivity index (χ2v) is 6.61. The molecule has 0 saturated carbocycles. The summed E-state index contributed by atoms with van der Waals surface area (Å²) in [4.78, 5) is 11.4. The molecule has 1 aromatic heterocycles. The maximum Gasteiger partial charge on any atom is 0.224 e. The van der Waals surface area contributed by atoms with Crippen LogP contribution in [-0.4, -0.2) is 22.6 Å². The molecule has 0 fully saturated rings. The number of nitrogens with one attached hydrogen (secondary N) is 1. The molecule has 0 unspecified atom stereocenters. The van der Waals surface area contributed by atoms with E-state index in [-0.39, 0.29) is 0 Å². The maximum atomic E-state index is 4.73. The van der Waals surface area contributed by atoms with Crippen molar-refractivity contribution in [3.05, 3.63) is 84.1 Å². The van der Waals surface area contributed by atoms with Crippen LogP contribution in [-0.2, 0) is 13.0 Å². The second-order valence-electron chi connectivity index (χ2n) is 6.61. The Morgan fingerprint density at radius 3 is 2.19 bits per heavy atom. The molecule has 0 aliphatic carbocycles. The molecule has 0 saturated heterocycles. The van der Waals surface area contributed by atoms with Crippen LogP contribution in [0.25, 0.3) is 0 Å². The highest BCUT2D eigenvalue weighted by atomic mass is 15.2. The van der Waals surface area contributed by atoms with Crippen LogP contribution in [0.4, 0.5) is 11.8 Å². The first-order valence-corrected chi connectivity index (χ1v) is 9.14. The molecule has 2 aromatic carbocycles. The molecule has 26 heavy (non-hydrogen) atoms. The maximum absolute atomic E-state index is 4.73. The number of aromatic nitrogens is 2. The lowest BCUT2D eigenvalue weighted by atomic mass is 10.1. The van der Waals surface area contributed by atoms with E-state index < -0.39 is 0 Å². The molecule has 0 bridgehead atoms. The smallest absolute Gasteiger partial charge is 0.224 e. The van der Waals surface area contributed by atoms with Crippen LogP contribution >= 0.6 is 0 Å². The minimum atomic E-state index is 0.349. The Bertz CT molecular complexity index is 788. The lowest BCUT2D eigenvalue weighted by molar-refractivity contribution is 0.671. The summed E-state index contributed by atoms with van der Waals surface area (Å²) in [5, 5.41) is 3.34. The first-order valence-electron chi connectivity index (χ1n) is 9.14. The van der Waals surface area contributed by atoms with Crippen molar-refractivity contribution in [1.29, 1.82) is 0 Å². The van der Waals surface area contributed by atoms with Gasteiger partial charge in [0.2, 0.25) is 5.95 Å². The number of hydrogen-bond acceptors (Lipinski definition) is 4. The Hall–Kier alpha value is -2.88. The molecule has 4 heteroatoms. The summed E-state index contributed by atoms with van der Waals surface area (Å²) in [5.41, 5.74) is 2.59. The first kappa shape index (κ1) is 17.9. The fourth-order valence-electron chi connectivity index (χ4n) is 2.87. The summed E-state index contributed by atoms with van der Waals surface area (Å²) in [6.45, 7) is 6.02. The lowest BCUT2D eigenvalue weighted by Gasteiger charge is -2.28. The van der Waals surface area contributed by atoms with Gasteiger partial charge in [0.05, 0.1) is 0 Å². The normalized spacial score (nSPS) is 10.7. The minimum Gasteiger partial charge on any atom is -0.354 e. The van der Waals surface area contributed by atoms with Crippen molar-refractivity contribution in [2.75, 3.05) is 16.8 Å². The summed E-state index contributed by atoms with van der Waals surface area (Å²) < 4.78 is 0. The molecule has 4 nitrogen and oxygen atoms in total. The zero-order valence-electron chi connectivity index (χ0n) is 15.5. The molecule has 0 spiro atoms. The van der Waals surface area contributed by atoms with E-state index in [1.165, 1.54) is 11.1 Å². The molecule has 1 N–H and O–H groups in total. The van der Waals surface area contributed by atoms with Gasteiger partial charge < -0.3 is 10.2 Å². The summed E-state index contributed by atoms with van der Waals surface area (Å²) in [6, 6.07) is 23.3. The van der Waals surface area contributed by atoms with Crippen molar-refractivity contribution in [2.45, 2.75) is 32.9 Å². The molecule has 134 valence electrons. The van der Waals surface area contributed by atoms with Gasteiger partial charge in [-0.25, -0.2) is 4.98 Å². The van der Waals surface area contributed by atoms with Gasteiger partial charge in [0.25, 0.3) is 0 Å². The second kappa shape index (κ2) is 8.99. The van der Waals surface area contributed by atoms with Crippen LogP contribution in [0.2, 0.25) is 0 Å². The number of nitrogens with zero attached hydrogens (tertiary/aromatic N) is 3. The van der Waals surface area contributed by atoms with E-state index in [0.717, 1.165) is 25.3 Å². The summed E-state index contributed by atoms with van der Waals surface area (Å²) in [7, 11) is 0. The topological polar surface area (TPSA) is 41.1 Å². The Morgan fingerprint density at radius 1 is 0.885 bits per heavy atom. The quantitative estimate of drug-likeness (QED) is 0.650. The predicted molar refractivity (Wildman–Crippen MR) is 108 cm³/mol. The van der Waals surface area contributed by atoms with Gasteiger partial charge >= 0.3 is 0 Å². The van der Waals surface area contributed by atoms with E-state index in [4.69, 9.17) is 4.98 Å². The zero-order valence-corrected chi connectivity index (χ0v) is 15.5. The summed E-state index contributed by atoms with van der Waals surface area (Å²) in [5.74, 6) is 1.62. The van der Waals surface area contributed by atoms with Gasteiger partial charge in [-0.15, -0.1) is 0 Å². The lowest BCUT2D eigenvalue weighted by Crippen LogP contribution is -2.31. The monoisotopic (exact) mass is 346 g/mol. The van der Waals surface area contributed by atoms with Gasteiger partial charge in [0.1, 0.15) is 5.82 Å². The van der Waals surface area contributed by atoms with Crippen molar-refractivity contribution in [3.63, 3.8) is 0 Å². The van der Waals surface area contributed by atoms with Crippen LogP contribution in [0.5, 0.6) is 0 Å². The SMILES string of the molecule is CC(C)N(Cc1ccccc1)c1ccnc(NCCc2ccccc2)n1. The van der Waals surface area contributed by atoms with Gasteiger partial charge in [-0.05, 0) is 37.5 Å². The largest absolute Gasteiger partial charge is 0.354 e. The third-order valence-electron chi connectivity index (χ3n) is 4.29. The first-order chi connectivity index (χ1) is 12.7. The van der Waals surface area contributed by atoms with E-state index in [2.05, 4.69) is 77.6 Å². The Morgan fingerprint density at radius 2 is 1.54 bits per heavy atom. The molecule has 0 aliphatic heterocycles. The molecule has 0 aliphatic rings. The number of rotatable bonds is 8. The number of anilines is 2. The Kier molecular flexibility index (Phi) is 6.20. The number of benzene rings is 2. The standard InChI is InChI=1S/C22H26N4/c1-18(2)26(17-20-11-7-4-8-12-20)21-14-16-24-22(25-21)23-15-13-19-9-5-3-6-10-19/h3-12,14,16,18H,13,15,17H2,1-2H3,(H,23,24,25). The molecule has 3 aromatic rings. The molecular weight excluding hydrogens is 320 g/mol. The Balaban J connectivity index is 1.66. The molecule has 3 rings (SSSR count). The van der Waals surface area contributed by atoms with E-state index in [9.17, 15) is 0 Å². The third kappa shape index (κ3) is 5.06. The van der Waals surface area contributed by atoms with Crippen molar-refractivity contribution >= 4 is 11.8 Å². The highest BCUT2D eigenvalue weighted by molar-refractivity contribution is 5.44. The fraction of sp³-hybridized carbons (Fsp3) is 0.273. The average molecular weight is 346 g/mol. The fourth-order valence-corrected chi connectivity index (χ4v) is 2.87. The molecule has 0 amide bonds. The van der Waals surface area contributed by atoms with Gasteiger partial charge in [0.15, 0.2) is 0 Å². The molecule has 0 atom stereocenters. The van der Waals surface area contributed by atoms with E-state index >= 15 is 0 Å². The van der Waals surface area contributed by atoms with Crippen molar-refractivity contribution in [3.8, 4) is 0 Å². The third-order valence-corrected chi connectivity index (χ3v) is 4.29. The van der Waals surface area contributed by atoms with Crippen molar-refractivity contribution in [2.24, 2.45) is 0 Å². The summed E-state index contributed by atoms with van der Waals surface area (Å²) >= 11 is 0. The number of hydrogen-bond donors (Lipinski definition) is 1. The van der Waals surface area contributed by atoms with Gasteiger partial charge in [-0.3, -0.25) is 0 Å². The zero-order chi connectivity index (χ0) is 18.2. The Labute approximate surface area is 155 Å². The molecule has 0 radical (unpaired) electrons. The summed E-state index contributed by atoms with van der Waals surface area (Å²) in [6.07, 6.45) is 2.78. The van der Waals surface area contributed by atoms with E-state index in [1.54, 1.807) is 0 Å². The van der Waals surface area contributed by atoms with Gasteiger partial charge in [0, 0.05) is 25.3 Å². The predicted octanol–water partition coefficient (Wildman–Crippen LogP) is 4.55. The van der Waals surface area contributed by atoms with Crippen LogP contribution < -0.4 is 10.2 Å². The minimum absolute atomic E-state index is 0.349. The highest BCUT2D eigenvalue weighted by Gasteiger charge is 2.13. The van der Waals surface area contributed by atoms with Gasteiger partial charge in [-0.2, -0.15) is 4.98 Å². The van der Waals surface area contributed by atoms with Crippen molar-refractivity contribution < 1.29 is 0 Å². The van der Waals surface area contributed by atoms with Crippen LogP contribution in [0.3, 0.4) is 0 Å². The molecule has 1 heterocycles. The van der Waals surface area contributed by atoms with Crippen LogP contribution in [0.1, 0.15) is 25.0 Å². The highest BCUT2D eigenvalue weighted by Crippen LogP contribution is 2.18. The molecular formula is C22H26N4. The van der Waals surface area contributed by atoms with Crippen molar-refractivity contribution in [1.82, 2.24) is 9.97 Å².